The monoisotopic (exact) mass is 584 g/mol. The lowest BCUT2D eigenvalue weighted by Gasteiger charge is -2.19. The summed E-state index contributed by atoms with van der Waals surface area (Å²) in [7, 11) is -4.14. The molecule has 6 rings (SSSR count). The number of benzene rings is 6. The molecule has 0 spiro atoms. The van der Waals surface area contributed by atoms with Gasteiger partial charge in [0.2, 0.25) is 9.84 Å². The summed E-state index contributed by atoms with van der Waals surface area (Å²) < 4.78 is 42.1. The zero-order valence-corrected chi connectivity index (χ0v) is 23.9. The van der Waals surface area contributed by atoms with Crippen LogP contribution in [0.25, 0.3) is 22.3 Å². The Hall–Kier alpha value is -5.53. The highest BCUT2D eigenvalue weighted by Gasteiger charge is 2.29. The average Bonchev–Trinajstić information content (AvgIpc) is 3.04. The molecule has 6 nitrogen and oxygen atoms in total. The number of nitrogen functional groups attached to an aromatic ring is 2. The molecule has 0 unspecified atom stereocenters. The number of hydrogen-bond acceptors (Lipinski definition) is 6. The Morgan fingerprint density at radius 1 is 0.419 bits per heavy atom. The van der Waals surface area contributed by atoms with Gasteiger partial charge in [-0.2, -0.15) is 0 Å². The van der Waals surface area contributed by atoms with Gasteiger partial charge in [-0.25, -0.2) is 8.42 Å². The molecule has 0 aliphatic carbocycles. The van der Waals surface area contributed by atoms with Crippen LogP contribution in [0.3, 0.4) is 0 Å². The van der Waals surface area contributed by atoms with E-state index in [0.29, 0.717) is 56.6 Å². The molecule has 212 valence electrons. The molecule has 0 fully saturated rings. The topological polar surface area (TPSA) is 105 Å². The highest BCUT2D eigenvalue weighted by molar-refractivity contribution is 7.91. The van der Waals surface area contributed by atoms with Crippen LogP contribution in [0, 0.1) is 0 Å². The van der Waals surface area contributed by atoms with Crippen LogP contribution in [0.5, 0.6) is 23.0 Å². The number of ether oxygens (including phenoxy) is 2. The van der Waals surface area contributed by atoms with Gasteiger partial charge in [0.1, 0.15) is 23.0 Å². The van der Waals surface area contributed by atoms with Gasteiger partial charge >= 0.3 is 0 Å². The maximum atomic E-state index is 14.8. The van der Waals surface area contributed by atoms with E-state index in [0.717, 1.165) is 0 Å². The SMILES string of the molecule is Nc1ccc(Oc2cccc(S(=O)(=O)c3cccc(Oc4ccc(N)cc4)c3-c3ccccc3)c2-c2ccccc2)cc1. The highest BCUT2D eigenvalue weighted by atomic mass is 32.2. The standard InChI is InChI=1S/C36H28N2O4S/c37-27-17-21-29(22-18-27)41-31-13-7-15-33(35(31)25-9-3-1-4-10-25)43(39,40)34-16-8-14-32(36(34)26-11-5-2-6-12-26)42-30-23-19-28(38)20-24-30/h1-24H,37-38H2. The van der Waals surface area contributed by atoms with Crippen molar-refractivity contribution in [3.8, 4) is 45.3 Å². The normalized spacial score (nSPS) is 11.2. The molecule has 0 saturated heterocycles. The molecule has 43 heavy (non-hydrogen) atoms. The van der Waals surface area contributed by atoms with Gasteiger partial charge in [0, 0.05) is 22.5 Å². The first-order chi connectivity index (χ1) is 20.9. The van der Waals surface area contributed by atoms with E-state index >= 15 is 0 Å². The van der Waals surface area contributed by atoms with E-state index < -0.39 is 9.84 Å². The van der Waals surface area contributed by atoms with Gasteiger partial charge in [-0.15, -0.1) is 0 Å². The van der Waals surface area contributed by atoms with E-state index in [2.05, 4.69) is 0 Å². The second-order valence-corrected chi connectivity index (χ2v) is 11.7. The number of hydrogen-bond donors (Lipinski definition) is 2. The minimum absolute atomic E-state index is 0.105. The minimum atomic E-state index is -4.14. The second-order valence-electron chi connectivity index (χ2n) is 9.84. The van der Waals surface area contributed by atoms with E-state index in [1.165, 1.54) is 0 Å². The van der Waals surface area contributed by atoms with Crippen molar-refractivity contribution in [3.63, 3.8) is 0 Å². The van der Waals surface area contributed by atoms with E-state index in [1.807, 2.05) is 60.7 Å². The van der Waals surface area contributed by atoms with Crippen molar-refractivity contribution in [1.29, 1.82) is 0 Å². The molecule has 0 aliphatic heterocycles. The Morgan fingerprint density at radius 3 is 1.16 bits per heavy atom. The van der Waals surface area contributed by atoms with Crippen LogP contribution < -0.4 is 20.9 Å². The lowest BCUT2D eigenvalue weighted by atomic mass is 10.0. The first kappa shape index (κ1) is 27.6. The third-order valence-corrected chi connectivity index (χ3v) is 8.73. The molecule has 0 atom stereocenters. The Morgan fingerprint density at radius 2 is 0.791 bits per heavy atom. The van der Waals surface area contributed by atoms with E-state index in [-0.39, 0.29) is 9.79 Å². The third kappa shape index (κ3) is 5.80. The number of anilines is 2. The Kier molecular flexibility index (Phi) is 7.56. The smallest absolute Gasteiger partial charge is 0.208 e. The molecule has 0 saturated carbocycles. The summed E-state index contributed by atoms with van der Waals surface area (Å²) in [5, 5.41) is 0. The summed E-state index contributed by atoms with van der Waals surface area (Å²) in [5.74, 6) is 1.86. The maximum Gasteiger partial charge on any atom is 0.208 e. The van der Waals surface area contributed by atoms with Crippen molar-refractivity contribution in [2.45, 2.75) is 9.79 Å². The van der Waals surface area contributed by atoms with Crippen LogP contribution in [-0.2, 0) is 9.84 Å². The number of rotatable bonds is 8. The Balaban J connectivity index is 1.55. The first-order valence-electron chi connectivity index (χ1n) is 13.6. The molecule has 6 aromatic rings. The zero-order valence-electron chi connectivity index (χ0n) is 23.1. The van der Waals surface area contributed by atoms with Crippen molar-refractivity contribution in [2.75, 3.05) is 11.5 Å². The van der Waals surface area contributed by atoms with Gasteiger partial charge in [0.15, 0.2) is 0 Å². The predicted octanol–water partition coefficient (Wildman–Crippen LogP) is 8.60. The zero-order chi connectivity index (χ0) is 29.8. The molecular weight excluding hydrogens is 556 g/mol. The summed E-state index contributed by atoms with van der Waals surface area (Å²) in [6, 6.07) is 42.7. The molecule has 0 bridgehead atoms. The van der Waals surface area contributed by atoms with Crippen LogP contribution in [0.1, 0.15) is 0 Å². The van der Waals surface area contributed by atoms with E-state index in [1.54, 1.807) is 84.9 Å². The number of nitrogens with two attached hydrogens (primary N) is 2. The van der Waals surface area contributed by atoms with Crippen molar-refractivity contribution in [2.24, 2.45) is 0 Å². The quantitative estimate of drug-likeness (QED) is 0.174. The van der Waals surface area contributed by atoms with Crippen molar-refractivity contribution < 1.29 is 17.9 Å². The molecule has 0 aromatic heterocycles. The van der Waals surface area contributed by atoms with Crippen LogP contribution >= 0.6 is 0 Å². The summed E-state index contributed by atoms with van der Waals surface area (Å²) in [4.78, 5) is 0.210. The van der Waals surface area contributed by atoms with Gasteiger partial charge in [0.05, 0.1) is 9.79 Å². The fourth-order valence-electron chi connectivity index (χ4n) is 4.86. The van der Waals surface area contributed by atoms with Gasteiger partial charge in [-0.05, 0) is 83.9 Å². The molecule has 6 aromatic carbocycles. The van der Waals surface area contributed by atoms with Crippen LogP contribution in [0.15, 0.2) is 155 Å². The highest BCUT2D eigenvalue weighted by Crippen LogP contribution is 2.45. The molecule has 7 heteroatoms. The number of sulfone groups is 1. The predicted molar refractivity (Wildman–Crippen MR) is 171 cm³/mol. The van der Waals surface area contributed by atoms with Gasteiger partial charge in [-0.3, -0.25) is 0 Å². The van der Waals surface area contributed by atoms with Crippen molar-refractivity contribution >= 4 is 21.2 Å². The molecule has 0 radical (unpaired) electrons. The average molecular weight is 585 g/mol. The van der Waals surface area contributed by atoms with Crippen LogP contribution in [0.4, 0.5) is 11.4 Å². The third-order valence-electron chi connectivity index (χ3n) is 6.90. The Labute approximate surface area is 250 Å². The van der Waals surface area contributed by atoms with Gasteiger partial charge in [0.25, 0.3) is 0 Å². The summed E-state index contributed by atoms with van der Waals surface area (Å²) in [6.45, 7) is 0. The molecule has 4 N–H and O–H groups in total. The summed E-state index contributed by atoms with van der Waals surface area (Å²) in [6.07, 6.45) is 0. The van der Waals surface area contributed by atoms with E-state index in [4.69, 9.17) is 20.9 Å². The molecule has 0 amide bonds. The first-order valence-corrected chi connectivity index (χ1v) is 15.1. The fourth-order valence-corrected chi connectivity index (χ4v) is 6.59. The van der Waals surface area contributed by atoms with Crippen LogP contribution in [0.2, 0.25) is 0 Å². The lowest BCUT2D eigenvalue weighted by Crippen LogP contribution is -2.08. The van der Waals surface area contributed by atoms with Crippen molar-refractivity contribution in [1.82, 2.24) is 0 Å². The second kappa shape index (κ2) is 11.8. The van der Waals surface area contributed by atoms with Gasteiger partial charge in [-0.1, -0.05) is 72.8 Å². The minimum Gasteiger partial charge on any atom is -0.457 e. The molecule has 0 heterocycles. The fraction of sp³-hybridized carbons (Fsp3) is 0. The Bertz CT molecular complexity index is 1840. The maximum absolute atomic E-state index is 14.8. The lowest BCUT2D eigenvalue weighted by molar-refractivity contribution is 0.482. The van der Waals surface area contributed by atoms with Gasteiger partial charge < -0.3 is 20.9 Å². The van der Waals surface area contributed by atoms with Crippen LogP contribution in [-0.4, -0.2) is 8.42 Å². The summed E-state index contributed by atoms with van der Waals surface area (Å²) in [5.41, 5.74) is 15.2. The largest absolute Gasteiger partial charge is 0.457 e. The van der Waals surface area contributed by atoms with Crippen molar-refractivity contribution in [3.05, 3.63) is 146 Å². The molecule has 0 aliphatic rings. The molecular formula is C36H28N2O4S. The summed E-state index contributed by atoms with van der Waals surface area (Å²) >= 11 is 0. The van der Waals surface area contributed by atoms with E-state index in [9.17, 15) is 8.42 Å².